The minimum atomic E-state index is -3.05. The van der Waals surface area contributed by atoms with Crippen molar-refractivity contribution in [3.05, 3.63) is 39.0 Å². The Kier molecular flexibility index (Phi) is 7.54. The lowest BCUT2D eigenvalue weighted by Crippen LogP contribution is -2.32. The summed E-state index contributed by atoms with van der Waals surface area (Å²) >= 11 is 5.97. The van der Waals surface area contributed by atoms with Gasteiger partial charge in [0.2, 0.25) is 5.90 Å². The Morgan fingerprint density at radius 2 is 2.10 bits per heavy atom. The molecule has 2 rings (SSSR count). The van der Waals surface area contributed by atoms with Crippen molar-refractivity contribution >= 4 is 27.3 Å². The molecule has 0 radical (unpaired) electrons. The second-order valence-corrected chi connectivity index (χ2v) is 10.8. The zero-order valence-corrected chi connectivity index (χ0v) is 19.0. The van der Waals surface area contributed by atoms with Crippen LogP contribution in [-0.4, -0.2) is 48.0 Å². The summed E-state index contributed by atoms with van der Waals surface area (Å²) in [5, 5.41) is 3.99. The molecule has 160 valence electrons. The van der Waals surface area contributed by atoms with Gasteiger partial charge in [-0.05, 0) is 57.2 Å². The van der Waals surface area contributed by atoms with E-state index < -0.39 is 15.4 Å². The van der Waals surface area contributed by atoms with Gasteiger partial charge in [0, 0.05) is 11.1 Å². The van der Waals surface area contributed by atoms with Crippen molar-refractivity contribution in [1.82, 2.24) is 4.98 Å². The lowest BCUT2D eigenvalue weighted by molar-refractivity contribution is 0.202. The van der Waals surface area contributed by atoms with E-state index in [0.29, 0.717) is 23.0 Å². The molecule has 1 aliphatic rings. The van der Waals surface area contributed by atoms with Crippen LogP contribution in [0.3, 0.4) is 0 Å². The van der Waals surface area contributed by atoms with Crippen LogP contribution in [0.25, 0.3) is 10.4 Å². The maximum Gasteiger partial charge on any atom is 0.218 e. The third-order valence-corrected chi connectivity index (χ3v) is 7.60. The number of halogens is 1. The zero-order valence-electron chi connectivity index (χ0n) is 17.5. The second kappa shape index (κ2) is 9.32. The number of azide groups is 1. The molecule has 29 heavy (non-hydrogen) atoms. The number of aliphatic imine (C=N–C) groups is 1. The Balaban J connectivity index is 2.26. The molecule has 2 atom stereocenters. The molecule has 0 spiro atoms. The Hall–Kier alpha value is -1.83. The summed E-state index contributed by atoms with van der Waals surface area (Å²) in [6, 6.07) is 1.33. The van der Waals surface area contributed by atoms with Crippen LogP contribution >= 0.6 is 11.6 Å². The summed E-state index contributed by atoms with van der Waals surface area (Å²) in [5.41, 5.74) is 9.54. The summed E-state index contributed by atoms with van der Waals surface area (Å²) in [7, 11) is -3.05. The average molecular weight is 442 g/mol. The number of hydrogen-bond acceptors (Lipinski definition) is 6. The molecule has 2 unspecified atom stereocenters. The van der Waals surface area contributed by atoms with Crippen molar-refractivity contribution < 1.29 is 13.2 Å². The highest BCUT2D eigenvalue weighted by atomic mass is 35.5. The molecule has 0 saturated heterocycles. The highest BCUT2D eigenvalue weighted by Gasteiger charge is 2.35. The molecule has 0 amide bonds. The van der Waals surface area contributed by atoms with Crippen LogP contribution in [-0.2, 0) is 14.6 Å². The van der Waals surface area contributed by atoms with Crippen LogP contribution in [0, 0.1) is 6.92 Å². The van der Waals surface area contributed by atoms with E-state index in [1.807, 2.05) is 20.8 Å². The molecular formula is C19H28ClN5O3S. The maximum absolute atomic E-state index is 12.2. The van der Waals surface area contributed by atoms with Gasteiger partial charge in [0.25, 0.3) is 0 Å². The van der Waals surface area contributed by atoms with E-state index in [2.05, 4.69) is 20.0 Å². The van der Waals surface area contributed by atoms with Gasteiger partial charge < -0.3 is 4.74 Å². The highest BCUT2D eigenvalue weighted by Crippen LogP contribution is 2.29. The van der Waals surface area contributed by atoms with Crippen molar-refractivity contribution in [2.45, 2.75) is 76.8 Å². The smallest absolute Gasteiger partial charge is 0.218 e. The molecule has 0 aliphatic heterocycles. The third-order valence-electron chi connectivity index (χ3n) is 5.10. The molecule has 1 aromatic heterocycles. The second-order valence-electron chi connectivity index (χ2n) is 8.06. The number of aromatic nitrogens is 1. The van der Waals surface area contributed by atoms with Crippen LogP contribution in [0.1, 0.15) is 58.1 Å². The molecule has 1 aliphatic carbocycles. The Morgan fingerprint density at radius 3 is 2.66 bits per heavy atom. The first kappa shape index (κ1) is 23.4. The van der Waals surface area contributed by atoms with Crippen molar-refractivity contribution in [3.63, 3.8) is 0 Å². The van der Waals surface area contributed by atoms with Gasteiger partial charge in [-0.3, -0.25) is 0 Å². The maximum atomic E-state index is 12.2. The molecule has 0 bridgehead atoms. The first-order valence-electron chi connectivity index (χ1n) is 9.61. The predicted octanol–water partition coefficient (Wildman–Crippen LogP) is 4.64. The number of sulfone groups is 1. The molecule has 1 aromatic rings. The molecule has 0 aromatic carbocycles. The SMILES string of the molecule is Cc1cc(Cl)ncc1C(=NC(C)C(C)(C)N=[N+]=[N-])OC(C)CCS(=O)(=O)C1CC1. The fraction of sp³-hybridized carbons (Fsp3) is 0.684. The van der Waals surface area contributed by atoms with Gasteiger partial charge in [0.15, 0.2) is 9.84 Å². The van der Waals surface area contributed by atoms with Crippen molar-refractivity contribution in [2.24, 2.45) is 10.1 Å². The van der Waals surface area contributed by atoms with Crippen molar-refractivity contribution in [1.29, 1.82) is 0 Å². The van der Waals surface area contributed by atoms with E-state index in [4.69, 9.17) is 21.9 Å². The van der Waals surface area contributed by atoms with Gasteiger partial charge in [-0.15, -0.1) is 0 Å². The van der Waals surface area contributed by atoms with Crippen molar-refractivity contribution in [3.8, 4) is 0 Å². The largest absolute Gasteiger partial charge is 0.474 e. The summed E-state index contributed by atoms with van der Waals surface area (Å²) in [4.78, 5) is 11.7. The number of ether oxygens (including phenoxy) is 1. The lowest BCUT2D eigenvalue weighted by atomic mass is 9.98. The molecule has 1 fully saturated rings. The van der Waals surface area contributed by atoms with Crippen molar-refractivity contribution in [2.75, 3.05) is 5.75 Å². The van der Waals surface area contributed by atoms with E-state index in [-0.39, 0.29) is 23.1 Å². The molecule has 0 N–H and O–H groups in total. The average Bonchev–Trinajstić information content (AvgIpc) is 3.45. The number of rotatable bonds is 9. The number of hydrogen-bond donors (Lipinski definition) is 0. The number of pyridine rings is 1. The normalized spacial score (nSPS) is 17.4. The van der Waals surface area contributed by atoms with Gasteiger partial charge in [0.1, 0.15) is 5.15 Å². The Bertz CT molecular complexity index is 922. The van der Waals surface area contributed by atoms with E-state index in [1.54, 1.807) is 26.1 Å². The zero-order chi connectivity index (χ0) is 21.8. The fourth-order valence-electron chi connectivity index (χ4n) is 2.62. The molecule has 8 nitrogen and oxygen atoms in total. The standard InChI is InChI=1S/C19H28ClN5O3S/c1-12-10-17(20)22-11-16(12)18(23-14(3)19(4,5)24-25-21)28-13(2)8-9-29(26,27)15-6-7-15/h10-11,13-15H,6-9H2,1-5H3. The topological polar surface area (TPSA) is 117 Å². The molecule has 10 heteroatoms. The monoisotopic (exact) mass is 441 g/mol. The molecule has 1 saturated carbocycles. The van der Waals surface area contributed by atoms with Crippen LogP contribution < -0.4 is 0 Å². The third kappa shape index (κ3) is 6.59. The lowest BCUT2D eigenvalue weighted by Gasteiger charge is -2.25. The van der Waals surface area contributed by atoms with E-state index in [0.717, 1.165) is 18.4 Å². The van der Waals surface area contributed by atoms with Gasteiger partial charge in [-0.25, -0.2) is 18.4 Å². The van der Waals surface area contributed by atoms with Gasteiger partial charge in [-0.1, -0.05) is 30.6 Å². The quantitative estimate of drug-likeness (QED) is 0.138. The Labute approximate surface area is 177 Å². The molecular weight excluding hydrogens is 414 g/mol. The minimum Gasteiger partial charge on any atom is -0.474 e. The molecule has 1 heterocycles. The van der Waals surface area contributed by atoms with Gasteiger partial charge >= 0.3 is 0 Å². The van der Waals surface area contributed by atoms with Crippen LogP contribution in [0.2, 0.25) is 5.15 Å². The van der Waals surface area contributed by atoms with E-state index >= 15 is 0 Å². The number of nitrogens with zero attached hydrogens (tertiary/aromatic N) is 5. The highest BCUT2D eigenvalue weighted by molar-refractivity contribution is 7.92. The van der Waals surface area contributed by atoms with Crippen LogP contribution in [0.15, 0.2) is 22.4 Å². The first-order chi connectivity index (χ1) is 13.5. The summed E-state index contributed by atoms with van der Waals surface area (Å²) in [6.45, 7) is 9.10. The van der Waals surface area contributed by atoms with E-state index in [9.17, 15) is 8.42 Å². The van der Waals surface area contributed by atoms with E-state index in [1.165, 1.54) is 0 Å². The summed E-state index contributed by atoms with van der Waals surface area (Å²) in [5.74, 6) is 0.417. The minimum absolute atomic E-state index is 0.0870. The number of aryl methyl sites for hydroxylation is 1. The van der Waals surface area contributed by atoms with Gasteiger partial charge in [-0.2, -0.15) is 0 Å². The van der Waals surface area contributed by atoms with Crippen LogP contribution in [0.5, 0.6) is 0 Å². The van der Waals surface area contributed by atoms with Crippen LogP contribution in [0.4, 0.5) is 0 Å². The fourth-order valence-corrected chi connectivity index (χ4v) is 4.68. The van der Waals surface area contributed by atoms with Gasteiger partial charge in [0.05, 0.1) is 34.3 Å². The summed E-state index contributed by atoms with van der Waals surface area (Å²) < 4.78 is 30.4. The Morgan fingerprint density at radius 1 is 1.45 bits per heavy atom. The predicted molar refractivity (Wildman–Crippen MR) is 115 cm³/mol. The first-order valence-corrected chi connectivity index (χ1v) is 11.7. The summed E-state index contributed by atoms with van der Waals surface area (Å²) in [6.07, 6.45) is 3.09.